The molecule has 96 valence electrons. The lowest BCUT2D eigenvalue weighted by molar-refractivity contribution is 0.0744. The maximum absolute atomic E-state index is 12.4. The SMILES string of the molecule is CCC[C@H]1C=CCN1C(=O)c1cccc(CN)c1. The van der Waals surface area contributed by atoms with Crippen molar-refractivity contribution in [2.24, 2.45) is 5.73 Å². The predicted octanol–water partition coefficient (Wildman–Crippen LogP) is 2.33. The van der Waals surface area contributed by atoms with Crippen molar-refractivity contribution in [1.82, 2.24) is 4.90 Å². The Morgan fingerprint density at radius 1 is 1.50 bits per heavy atom. The van der Waals surface area contributed by atoms with Crippen LogP contribution in [0.4, 0.5) is 0 Å². The monoisotopic (exact) mass is 244 g/mol. The van der Waals surface area contributed by atoms with Crippen LogP contribution in [-0.2, 0) is 6.54 Å². The standard InChI is InChI=1S/C15H20N2O/c1-2-5-14-8-4-9-17(14)15(18)13-7-3-6-12(10-13)11-16/h3-4,6-8,10,14H,2,5,9,11,16H2,1H3/t14-/m0/s1. The third kappa shape index (κ3) is 2.62. The number of nitrogens with two attached hydrogens (primary N) is 1. The van der Waals surface area contributed by atoms with Gasteiger partial charge >= 0.3 is 0 Å². The average molecular weight is 244 g/mol. The molecule has 1 heterocycles. The molecule has 18 heavy (non-hydrogen) atoms. The van der Waals surface area contributed by atoms with Crippen LogP contribution in [0.5, 0.6) is 0 Å². The highest BCUT2D eigenvalue weighted by Gasteiger charge is 2.24. The Hall–Kier alpha value is -1.61. The van der Waals surface area contributed by atoms with Gasteiger partial charge in [0, 0.05) is 18.7 Å². The molecule has 2 N–H and O–H groups in total. The van der Waals surface area contributed by atoms with E-state index in [0.29, 0.717) is 6.54 Å². The molecule has 0 bridgehead atoms. The lowest BCUT2D eigenvalue weighted by Crippen LogP contribution is -2.36. The molecule has 3 nitrogen and oxygen atoms in total. The second-order valence-electron chi connectivity index (χ2n) is 4.65. The van der Waals surface area contributed by atoms with Gasteiger partial charge in [-0.05, 0) is 24.1 Å². The topological polar surface area (TPSA) is 46.3 Å². The maximum Gasteiger partial charge on any atom is 0.254 e. The molecule has 0 spiro atoms. The van der Waals surface area contributed by atoms with Gasteiger partial charge < -0.3 is 10.6 Å². The minimum atomic E-state index is 0.105. The first kappa shape index (κ1) is 12.8. The van der Waals surface area contributed by atoms with Gasteiger partial charge in [0.1, 0.15) is 0 Å². The van der Waals surface area contributed by atoms with Crippen LogP contribution in [0, 0.1) is 0 Å². The molecule has 0 saturated carbocycles. The van der Waals surface area contributed by atoms with Crippen molar-refractivity contribution in [3.63, 3.8) is 0 Å². The third-order valence-electron chi connectivity index (χ3n) is 3.32. The number of amides is 1. The summed E-state index contributed by atoms with van der Waals surface area (Å²) in [5.41, 5.74) is 7.35. The van der Waals surface area contributed by atoms with Crippen molar-refractivity contribution >= 4 is 5.91 Å². The minimum Gasteiger partial charge on any atom is -0.328 e. The molecule has 2 rings (SSSR count). The normalized spacial score (nSPS) is 18.3. The molecule has 0 radical (unpaired) electrons. The van der Waals surface area contributed by atoms with Crippen molar-refractivity contribution < 1.29 is 4.79 Å². The number of rotatable bonds is 4. The van der Waals surface area contributed by atoms with Crippen LogP contribution in [0.25, 0.3) is 0 Å². The van der Waals surface area contributed by atoms with Crippen molar-refractivity contribution in [2.45, 2.75) is 32.4 Å². The molecule has 0 aliphatic carbocycles. The molecule has 0 aromatic heterocycles. The van der Waals surface area contributed by atoms with E-state index >= 15 is 0 Å². The fraction of sp³-hybridized carbons (Fsp3) is 0.400. The molecule has 1 amide bonds. The van der Waals surface area contributed by atoms with E-state index in [2.05, 4.69) is 19.1 Å². The Kier molecular flexibility index (Phi) is 4.15. The number of hydrogen-bond acceptors (Lipinski definition) is 2. The molecule has 1 aliphatic rings. The van der Waals surface area contributed by atoms with Crippen LogP contribution >= 0.6 is 0 Å². The summed E-state index contributed by atoms with van der Waals surface area (Å²) in [6.07, 6.45) is 6.32. The van der Waals surface area contributed by atoms with Crippen LogP contribution in [0.2, 0.25) is 0 Å². The Morgan fingerprint density at radius 2 is 2.33 bits per heavy atom. The molecule has 0 fully saturated rings. The summed E-state index contributed by atoms with van der Waals surface area (Å²) in [4.78, 5) is 14.4. The largest absolute Gasteiger partial charge is 0.328 e. The molecule has 1 aromatic carbocycles. The second kappa shape index (κ2) is 5.83. The number of carbonyl (C=O) groups excluding carboxylic acids is 1. The molecule has 1 aliphatic heterocycles. The molecule has 1 aromatic rings. The third-order valence-corrected chi connectivity index (χ3v) is 3.32. The van der Waals surface area contributed by atoms with Crippen LogP contribution in [0.15, 0.2) is 36.4 Å². The zero-order valence-corrected chi connectivity index (χ0v) is 10.8. The molecular weight excluding hydrogens is 224 g/mol. The van der Waals surface area contributed by atoms with E-state index in [4.69, 9.17) is 5.73 Å². The molecule has 0 unspecified atom stereocenters. The Morgan fingerprint density at radius 3 is 3.06 bits per heavy atom. The zero-order valence-electron chi connectivity index (χ0n) is 10.8. The summed E-state index contributed by atoms with van der Waals surface area (Å²) in [5.74, 6) is 0.105. The van der Waals surface area contributed by atoms with E-state index in [-0.39, 0.29) is 11.9 Å². The molecule has 1 atom stereocenters. The first-order valence-electron chi connectivity index (χ1n) is 6.53. The van der Waals surface area contributed by atoms with E-state index in [0.717, 1.165) is 30.5 Å². The van der Waals surface area contributed by atoms with Crippen LogP contribution in [0.1, 0.15) is 35.7 Å². The summed E-state index contributed by atoms with van der Waals surface area (Å²) in [6, 6.07) is 7.85. The van der Waals surface area contributed by atoms with Crippen molar-refractivity contribution in [2.75, 3.05) is 6.54 Å². The molecular formula is C15H20N2O. The average Bonchev–Trinajstić information content (AvgIpc) is 2.86. The maximum atomic E-state index is 12.4. The zero-order chi connectivity index (χ0) is 13.0. The van der Waals surface area contributed by atoms with Crippen molar-refractivity contribution in [3.8, 4) is 0 Å². The Balaban J connectivity index is 2.15. The van der Waals surface area contributed by atoms with Crippen LogP contribution in [-0.4, -0.2) is 23.4 Å². The first-order valence-corrected chi connectivity index (χ1v) is 6.53. The summed E-state index contributed by atoms with van der Waals surface area (Å²) in [6.45, 7) is 3.33. The van der Waals surface area contributed by atoms with Gasteiger partial charge in [-0.3, -0.25) is 4.79 Å². The number of benzene rings is 1. The van der Waals surface area contributed by atoms with Crippen LogP contribution < -0.4 is 5.73 Å². The van der Waals surface area contributed by atoms with Crippen LogP contribution in [0.3, 0.4) is 0 Å². The van der Waals surface area contributed by atoms with E-state index in [1.54, 1.807) is 0 Å². The lowest BCUT2D eigenvalue weighted by atomic mass is 10.1. The Bertz CT molecular complexity index is 454. The van der Waals surface area contributed by atoms with E-state index in [1.165, 1.54) is 0 Å². The minimum absolute atomic E-state index is 0.105. The van der Waals surface area contributed by atoms with Gasteiger partial charge in [-0.1, -0.05) is 37.6 Å². The van der Waals surface area contributed by atoms with Gasteiger partial charge in [0.15, 0.2) is 0 Å². The van der Waals surface area contributed by atoms with Gasteiger partial charge in [0.05, 0.1) is 6.04 Å². The first-order chi connectivity index (χ1) is 8.76. The van der Waals surface area contributed by atoms with Gasteiger partial charge in [0.2, 0.25) is 0 Å². The highest BCUT2D eigenvalue weighted by atomic mass is 16.2. The highest BCUT2D eigenvalue weighted by Crippen LogP contribution is 2.18. The molecule has 0 saturated heterocycles. The highest BCUT2D eigenvalue weighted by molar-refractivity contribution is 5.95. The quantitative estimate of drug-likeness (QED) is 0.826. The van der Waals surface area contributed by atoms with E-state index in [9.17, 15) is 4.79 Å². The fourth-order valence-electron chi connectivity index (χ4n) is 2.35. The number of hydrogen-bond donors (Lipinski definition) is 1. The molecule has 3 heteroatoms. The summed E-state index contributed by atoms with van der Waals surface area (Å²) in [7, 11) is 0. The Labute approximate surface area is 108 Å². The predicted molar refractivity (Wildman–Crippen MR) is 73.2 cm³/mol. The van der Waals surface area contributed by atoms with Gasteiger partial charge in [-0.15, -0.1) is 0 Å². The second-order valence-corrected chi connectivity index (χ2v) is 4.65. The lowest BCUT2D eigenvalue weighted by Gasteiger charge is -2.24. The summed E-state index contributed by atoms with van der Waals surface area (Å²) in [5, 5.41) is 0. The van der Waals surface area contributed by atoms with Crippen molar-refractivity contribution in [1.29, 1.82) is 0 Å². The van der Waals surface area contributed by atoms with Gasteiger partial charge in [-0.2, -0.15) is 0 Å². The van der Waals surface area contributed by atoms with Crippen molar-refractivity contribution in [3.05, 3.63) is 47.5 Å². The smallest absolute Gasteiger partial charge is 0.254 e. The van der Waals surface area contributed by atoms with E-state index < -0.39 is 0 Å². The van der Waals surface area contributed by atoms with Gasteiger partial charge in [-0.25, -0.2) is 0 Å². The summed E-state index contributed by atoms with van der Waals surface area (Å²) >= 11 is 0. The fourth-order valence-corrected chi connectivity index (χ4v) is 2.35. The van der Waals surface area contributed by atoms with Gasteiger partial charge in [0.25, 0.3) is 5.91 Å². The van der Waals surface area contributed by atoms with E-state index in [1.807, 2.05) is 29.2 Å². The number of carbonyl (C=O) groups is 1. The summed E-state index contributed by atoms with van der Waals surface area (Å²) < 4.78 is 0. The number of nitrogens with zero attached hydrogens (tertiary/aromatic N) is 1.